The van der Waals surface area contributed by atoms with E-state index in [4.69, 9.17) is 0 Å². The predicted molar refractivity (Wildman–Crippen MR) is 84.6 cm³/mol. The van der Waals surface area contributed by atoms with Crippen molar-refractivity contribution in [2.75, 3.05) is 11.8 Å². The standard InChI is InChI=1S/C15H12FN3O4S/c1-23-15(20)10-6-5-9(16)7-14(10)24(21,22)19-13-4-2-3-12-11(13)8-17-18-12/h2-8,19H,1H3,(H,17,18). The molecular formula is C15H12FN3O4S. The first-order chi connectivity index (χ1) is 11.4. The number of aromatic nitrogens is 2. The minimum absolute atomic E-state index is 0.251. The highest BCUT2D eigenvalue weighted by atomic mass is 32.2. The van der Waals surface area contributed by atoms with Crippen molar-refractivity contribution in [3.05, 3.63) is 54.0 Å². The number of nitrogens with one attached hydrogen (secondary N) is 2. The third-order valence-corrected chi connectivity index (χ3v) is 4.77. The number of ether oxygens (including phenoxy) is 1. The summed E-state index contributed by atoms with van der Waals surface area (Å²) in [6.07, 6.45) is 1.46. The van der Waals surface area contributed by atoms with Crippen LogP contribution in [0.25, 0.3) is 10.9 Å². The van der Waals surface area contributed by atoms with Gasteiger partial charge in [0.05, 0.1) is 30.1 Å². The van der Waals surface area contributed by atoms with Crippen molar-refractivity contribution in [1.29, 1.82) is 0 Å². The van der Waals surface area contributed by atoms with Crippen molar-refractivity contribution in [2.24, 2.45) is 0 Å². The Morgan fingerprint density at radius 1 is 1.29 bits per heavy atom. The van der Waals surface area contributed by atoms with Crippen molar-refractivity contribution in [2.45, 2.75) is 4.90 Å². The van der Waals surface area contributed by atoms with Gasteiger partial charge in [-0.15, -0.1) is 0 Å². The fourth-order valence-electron chi connectivity index (χ4n) is 2.25. The van der Waals surface area contributed by atoms with Crippen LogP contribution in [0.2, 0.25) is 0 Å². The van der Waals surface area contributed by atoms with Crippen molar-refractivity contribution in [1.82, 2.24) is 10.2 Å². The van der Waals surface area contributed by atoms with Gasteiger partial charge in [-0.3, -0.25) is 9.82 Å². The molecule has 7 nitrogen and oxygen atoms in total. The quantitative estimate of drug-likeness (QED) is 0.704. The lowest BCUT2D eigenvalue weighted by atomic mass is 10.2. The maximum Gasteiger partial charge on any atom is 0.339 e. The highest BCUT2D eigenvalue weighted by Gasteiger charge is 2.24. The van der Waals surface area contributed by atoms with Gasteiger partial charge in [-0.25, -0.2) is 17.6 Å². The van der Waals surface area contributed by atoms with E-state index in [1.807, 2.05) is 0 Å². The van der Waals surface area contributed by atoms with Gasteiger partial charge in [-0.05, 0) is 30.3 Å². The molecule has 124 valence electrons. The molecule has 0 radical (unpaired) electrons. The lowest BCUT2D eigenvalue weighted by molar-refractivity contribution is 0.0596. The van der Waals surface area contributed by atoms with E-state index < -0.39 is 26.7 Å². The Kier molecular flexibility index (Phi) is 3.94. The van der Waals surface area contributed by atoms with Crippen LogP contribution in [0.1, 0.15) is 10.4 Å². The summed E-state index contributed by atoms with van der Waals surface area (Å²) in [6, 6.07) is 7.71. The third kappa shape index (κ3) is 2.81. The highest BCUT2D eigenvalue weighted by Crippen LogP contribution is 2.26. The zero-order valence-electron chi connectivity index (χ0n) is 12.4. The normalized spacial score (nSPS) is 11.4. The van der Waals surface area contributed by atoms with E-state index in [0.29, 0.717) is 10.9 Å². The van der Waals surface area contributed by atoms with E-state index >= 15 is 0 Å². The Morgan fingerprint density at radius 2 is 2.08 bits per heavy atom. The molecule has 0 saturated heterocycles. The van der Waals surface area contributed by atoms with E-state index in [1.54, 1.807) is 12.1 Å². The van der Waals surface area contributed by atoms with E-state index in [1.165, 1.54) is 12.3 Å². The van der Waals surface area contributed by atoms with E-state index in [9.17, 15) is 17.6 Å². The number of aromatic amines is 1. The maximum atomic E-state index is 13.5. The summed E-state index contributed by atoms with van der Waals surface area (Å²) < 4.78 is 45.7. The smallest absolute Gasteiger partial charge is 0.339 e. The van der Waals surface area contributed by atoms with E-state index in [-0.39, 0.29) is 11.3 Å². The Bertz CT molecular complexity index is 1030. The van der Waals surface area contributed by atoms with Crippen LogP contribution in [-0.2, 0) is 14.8 Å². The van der Waals surface area contributed by atoms with Gasteiger partial charge < -0.3 is 4.74 Å². The average molecular weight is 349 g/mol. The molecule has 0 aliphatic heterocycles. The average Bonchev–Trinajstić information content (AvgIpc) is 3.03. The number of sulfonamides is 1. The lowest BCUT2D eigenvalue weighted by Crippen LogP contribution is -2.18. The molecule has 0 aliphatic rings. The third-order valence-electron chi connectivity index (χ3n) is 3.37. The number of hydrogen-bond acceptors (Lipinski definition) is 5. The van der Waals surface area contributed by atoms with E-state index in [2.05, 4.69) is 19.7 Å². The van der Waals surface area contributed by atoms with Gasteiger partial charge in [-0.2, -0.15) is 5.10 Å². The Balaban J connectivity index is 2.10. The monoisotopic (exact) mass is 349 g/mol. The first-order valence-corrected chi connectivity index (χ1v) is 8.23. The zero-order valence-corrected chi connectivity index (χ0v) is 13.2. The van der Waals surface area contributed by atoms with Crippen LogP contribution in [0.3, 0.4) is 0 Å². The Labute approximate surface area is 136 Å². The number of nitrogens with zero attached hydrogens (tertiary/aromatic N) is 1. The summed E-state index contributed by atoms with van der Waals surface area (Å²) in [6.45, 7) is 0. The number of esters is 1. The topological polar surface area (TPSA) is 101 Å². The summed E-state index contributed by atoms with van der Waals surface area (Å²) in [5.41, 5.74) is 0.620. The van der Waals surface area contributed by atoms with Crippen LogP contribution < -0.4 is 4.72 Å². The van der Waals surface area contributed by atoms with Crippen LogP contribution >= 0.6 is 0 Å². The number of benzene rings is 2. The van der Waals surface area contributed by atoms with Gasteiger partial charge in [0.2, 0.25) is 0 Å². The molecule has 1 heterocycles. The van der Waals surface area contributed by atoms with Crippen molar-refractivity contribution < 1.29 is 22.3 Å². The maximum absolute atomic E-state index is 13.5. The number of methoxy groups -OCH3 is 1. The number of anilines is 1. The first kappa shape index (κ1) is 15.9. The molecule has 0 unspecified atom stereocenters. The summed E-state index contributed by atoms with van der Waals surface area (Å²) in [5, 5.41) is 7.10. The van der Waals surface area contributed by atoms with E-state index in [0.717, 1.165) is 25.3 Å². The SMILES string of the molecule is COC(=O)c1ccc(F)cc1S(=O)(=O)Nc1cccc2[nH]ncc12. The van der Waals surface area contributed by atoms with Crippen molar-refractivity contribution in [3.8, 4) is 0 Å². The van der Waals surface area contributed by atoms with Crippen LogP contribution in [0.5, 0.6) is 0 Å². The van der Waals surface area contributed by atoms with Gasteiger partial charge in [0.1, 0.15) is 10.7 Å². The molecule has 2 aromatic carbocycles. The molecule has 24 heavy (non-hydrogen) atoms. The molecule has 0 amide bonds. The van der Waals surface area contributed by atoms with Crippen LogP contribution in [0.15, 0.2) is 47.5 Å². The molecule has 3 aromatic rings. The molecule has 3 rings (SSSR count). The number of H-pyrrole nitrogens is 1. The zero-order chi connectivity index (χ0) is 17.3. The minimum atomic E-state index is -4.22. The summed E-state index contributed by atoms with van der Waals surface area (Å²) in [5.74, 6) is -1.67. The summed E-state index contributed by atoms with van der Waals surface area (Å²) in [7, 11) is -3.11. The van der Waals surface area contributed by atoms with Crippen molar-refractivity contribution >= 4 is 32.6 Å². The number of carbonyl (C=O) groups is 1. The molecule has 0 fully saturated rings. The molecule has 0 atom stereocenters. The number of carbonyl (C=O) groups excluding carboxylic acids is 1. The second kappa shape index (κ2) is 5.93. The molecule has 2 N–H and O–H groups in total. The summed E-state index contributed by atoms with van der Waals surface area (Å²) >= 11 is 0. The van der Waals surface area contributed by atoms with Gasteiger partial charge in [-0.1, -0.05) is 6.07 Å². The van der Waals surface area contributed by atoms with Gasteiger partial charge in [0, 0.05) is 5.39 Å². The molecular weight excluding hydrogens is 337 g/mol. The Morgan fingerprint density at radius 3 is 2.83 bits per heavy atom. The second-order valence-electron chi connectivity index (χ2n) is 4.87. The van der Waals surface area contributed by atoms with Gasteiger partial charge in [0.15, 0.2) is 0 Å². The first-order valence-electron chi connectivity index (χ1n) is 6.75. The predicted octanol–water partition coefficient (Wildman–Crippen LogP) is 2.29. The minimum Gasteiger partial charge on any atom is -0.465 e. The molecule has 9 heteroatoms. The van der Waals surface area contributed by atoms with Crippen LogP contribution in [-0.4, -0.2) is 31.7 Å². The van der Waals surface area contributed by atoms with Gasteiger partial charge >= 0.3 is 5.97 Å². The van der Waals surface area contributed by atoms with Crippen LogP contribution in [0.4, 0.5) is 10.1 Å². The van der Waals surface area contributed by atoms with Gasteiger partial charge in [0.25, 0.3) is 10.0 Å². The number of halogens is 1. The fraction of sp³-hybridized carbons (Fsp3) is 0.0667. The molecule has 0 bridgehead atoms. The second-order valence-corrected chi connectivity index (χ2v) is 6.53. The number of fused-ring (bicyclic) bond motifs is 1. The number of rotatable bonds is 4. The lowest BCUT2D eigenvalue weighted by Gasteiger charge is -2.12. The Hall–Kier alpha value is -2.94. The number of hydrogen-bond donors (Lipinski definition) is 2. The highest BCUT2D eigenvalue weighted by molar-refractivity contribution is 7.92. The van der Waals surface area contributed by atoms with Crippen LogP contribution in [0, 0.1) is 5.82 Å². The fourth-order valence-corrected chi connectivity index (χ4v) is 3.54. The largest absolute Gasteiger partial charge is 0.465 e. The summed E-state index contributed by atoms with van der Waals surface area (Å²) in [4.78, 5) is 11.3. The van der Waals surface area contributed by atoms with Crippen molar-refractivity contribution in [3.63, 3.8) is 0 Å². The molecule has 1 aromatic heterocycles. The molecule has 0 aliphatic carbocycles. The molecule has 0 spiro atoms. The molecule has 0 saturated carbocycles.